The predicted molar refractivity (Wildman–Crippen MR) is 136 cm³/mol. The number of anilines is 1. The van der Waals surface area contributed by atoms with Crippen molar-refractivity contribution in [2.45, 2.75) is 32.1 Å². The molecule has 1 fully saturated rings. The number of nitrogen functional groups attached to an aromatic ring is 1. The molecule has 39 heavy (non-hydrogen) atoms. The van der Waals surface area contributed by atoms with Crippen molar-refractivity contribution in [1.82, 2.24) is 35.5 Å². The number of fused-ring (bicyclic) bond motifs is 1. The number of nitrogens with two attached hydrogens (primary N) is 1. The Morgan fingerprint density at radius 1 is 1.31 bits per heavy atom. The molecule has 1 aliphatic heterocycles. The molecule has 1 aliphatic rings. The SMILES string of the molecule is CCn1c(-c2nonc2N)nc2c(-c3cccc(Br)c3)ncc(C(=O)NC3CCNC3)c21.O=C(O)C(F)(F)F. The Morgan fingerprint density at radius 3 is 2.62 bits per heavy atom. The third-order valence-corrected chi connectivity index (χ3v) is 6.29. The topological polar surface area (TPSA) is 174 Å². The summed E-state index contributed by atoms with van der Waals surface area (Å²) in [6, 6.07) is 7.86. The van der Waals surface area contributed by atoms with E-state index in [1.807, 2.05) is 35.8 Å². The van der Waals surface area contributed by atoms with Crippen LogP contribution in [0, 0.1) is 0 Å². The molecule has 3 aromatic heterocycles. The number of aliphatic carboxylic acids is 1. The maximum atomic E-state index is 13.2. The van der Waals surface area contributed by atoms with Gasteiger partial charge in [-0.2, -0.15) is 13.2 Å². The molecule has 4 aromatic rings. The first kappa shape index (κ1) is 28.0. The third kappa shape index (κ3) is 6.01. The lowest BCUT2D eigenvalue weighted by Crippen LogP contribution is -2.36. The van der Waals surface area contributed by atoms with Crippen molar-refractivity contribution in [3.63, 3.8) is 0 Å². The Bertz CT molecular complexity index is 1520. The molecule has 0 saturated carbocycles. The summed E-state index contributed by atoms with van der Waals surface area (Å²) in [5, 5.41) is 21.1. The summed E-state index contributed by atoms with van der Waals surface area (Å²) in [5.74, 6) is -2.34. The number of nitrogens with one attached hydrogen (secondary N) is 2. The molecule has 5 N–H and O–H groups in total. The maximum absolute atomic E-state index is 13.2. The van der Waals surface area contributed by atoms with Crippen LogP contribution >= 0.6 is 15.9 Å². The lowest BCUT2D eigenvalue weighted by Gasteiger charge is -2.14. The van der Waals surface area contributed by atoms with Gasteiger partial charge in [0.2, 0.25) is 0 Å². The number of aromatic nitrogens is 5. The number of hydrogen-bond donors (Lipinski definition) is 4. The molecule has 1 amide bonds. The largest absolute Gasteiger partial charge is 0.490 e. The molecular weight excluding hydrogens is 589 g/mol. The normalized spacial score (nSPS) is 15.2. The summed E-state index contributed by atoms with van der Waals surface area (Å²) in [5.41, 5.74) is 9.51. The average molecular weight is 611 g/mol. The fraction of sp³-hybridized carbons (Fsp3) is 0.304. The molecule has 12 nitrogen and oxygen atoms in total. The van der Waals surface area contributed by atoms with Gasteiger partial charge in [-0.15, -0.1) is 0 Å². The summed E-state index contributed by atoms with van der Waals surface area (Å²) in [4.78, 5) is 31.6. The molecule has 0 radical (unpaired) electrons. The molecule has 4 heterocycles. The van der Waals surface area contributed by atoms with E-state index in [4.69, 9.17) is 25.2 Å². The van der Waals surface area contributed by atoms with Gasteiger partial charge in [0.15, 0.2) is 17.3 Å². The van der Waals surface area contributed by atoms with Gasteiger partial charge in [0.05, 0.1) is 16.8 Å². The van der Waals surface area contributed by atoms with Crippen LogP contribution in [0.3, 0.4) is 0 Å². The van der Waals surface area contributed by atoms with Crippen molar-refractivity contribution in [2.75, 3.05) is 18.8 Å². The lowest BCUT2D eigenvalue weighted by molar-refractivity contribution is -0.192. The Balaban J connectivity index is 0.000000448. The second kappa shape index (κ2) is 11.4. The number of hydrogen-bond acceptors (Lipinski definition) is 9. The van der Waals surface area contributed by atoms with E-state index in [0.717, 1.165) is 29.5 Å². The number of halogens is 4. The van der Waals surface area contributed by atoms with Crippen LogP contribution in [0.2, 0.25) is 0 Å². The van der Waals surface area contributed by atoms with Crippen molar-refractivity contribution in [3.8, 4) is 22.8 Å². The van der Waals surface area contributed by atoms with Crippen LogP contribution in [0.25, 0.3) is 33.8 Å². The number of carboxylic acids is 1. The molecule has 1 atom stereocenters. The van der Waals surface area contributed by atoms with Crippen LogP contribution in [0.5, 0.6) is 0 Å². The van der Waals surface area contributed by atoms with Crippen LogP contribution in [-0.4, -0.2) is 67.1 Å². The first-order valence-corrected chi connectivity index (χ1v) is 12.4. The minimum absolute atomic E-state index is 0.0789. The monoisotopic (exact) mass is 610 g/mol. The van der Waals surface area contributed by atoms with Crippen molar-refractivity contribution in [1.29, 1.82) is 0 Å². The number of benzene rings is 1. The van der Waals surface area contributed by atoms with Crippen molar-refractivity contribution >= 4 is 44.7 Å². The molecule has 0 bridgehead atoms. The van der Waals surface area contributed by atoms with Crippen LogP contribution in [0.15, 0.2) is 39.6 Å². The van der Waals surface area contributed by atoms with Gasteiger partial charge in [-0.05, 0) is 42.3 Å². The number of carboxylic acid groups (broad SMARTS) is 1. The summed E-state index contributed by atoms with van der Waals surface area (Å²) < 4.78 is 39.4. The number of aryl methyl sites for hydroxylation is 1. The van der Waals surface area contributed by atoms with Crippen molar-refractivity contribution in [2.24, 2.45) is 0 Å². The van der Waals surface area contributed by atoms with Crippen LogP contribution < -0.4 is 16.4 Å². The average Bonchev–Trinajstić information content (AvgIpc) is 3.63. The number of carbonyl (C=O) groups is 2. The molecule has 0 spiro atoms. The van der Waals surface area contributed by atoms with Crippen LogP contribution in [0.4, 0.5) is 19.0 Å². The Labute approximate surface area is 226 Å². The van der Waals surface area contributed by atoms with Crippen molar-refractivity contribution in [3.05, 3.63) is 40.5 Å². The molecule has 5 rings (SSSR count). The van der Waals surface area contributed by atoms with Gasteiger partial charge in [0, 0.05) is 35.4 Å². The Kier molecular flexibility index (Phi) is 8.15. The van der Waals surface area contributed by atoms with Gasteiger partial charge in [0.1, 0.15) is 5.52 Å². The minimum atomic E-state index is -5.08. The molecule has 1 saturated heterocycles. The first-order valence-electron chi connectivity index (χ1n) is 11.6. The fourth-order valence-electron chi connectivity index (χ4n) is 4.04. The zero-order valence-corrected chi connectivity index (χ0v) is 21.9. The van der Waals surface area contributed by atoms with Gasteiger partial charge >= 0.3 is 12.1 Å². The van der Waals surface area contributed by atoms with E-state index in [9.17, 15) is 18.0 Å². The number of carbonyl (C=O) groups excluding carboxylic acids is 1. The van der Waals surface area contributed by atoms with Gasteiger partial charge in [-0.3, -0.25) is 9.78 Å². The summed E-state index contributed by atoms with van der Waals surface area (Å²) >= 11 is 3.51. The van der Waals surface area contributed by atoms with Gasteiger partial charge < -0.3 is 26.0 Å². The molecule has 0 aliphatic carbocycles. The highest BCUT2D eigenvalue weighted by atomic mass is 79.9. The van der Waals surface area contributed by atoms with E-state index < -0.39 is 12.1 Å². The quantitative estimate of drug-likeness (QED) is 0.262. The lowest BCUT2D eigenvalue weighted by atomic mass is 10.1. The van der Waals surface area contributed by atoms with E-state index in [1.54, 1.807) is 6.20 Å². The van der Waals surface area contributed by atoms with Crippen LogP contribution in [-0.2, 0) is 11.3 Å². The van der Waals surface area contributed by atoms with Gasteiger partial charge in [-0.1, -0.05) is 28.1 Å². The number of nitrogens with zero attached hydrogens (tertiary/aromatic N) is 5. The smallest absolute Gasteiger partial charge is 0.475 e. The van der Waals surface area contributed by atoms with E-state index >= 15 is 0 Å². The van der Waals surface area contributed by atoms with E-state index in [-0.39, 0.29) is 17.8 Å². The third-order valence-electron chi connectivity index (χ3n) is 5.79. The summed E-state index contributed by atoms with van der Waals surface area (Å²) in [6.45, 7) is 4.13. The van der Waals surface area contributed by atoms with Gasteiger partial charge in [-0.25, -0.2) is 14.4 Å². The molecular formula is C23H22BrF3N8O4. The standard InChI is InChI=1S/C21H21BrN8O2.C2HF3O2/c1-2-30-18-14(21(31)26-13-6-7-24-9-13)10-25-15(11-4-3-5-12(22)8-11)16(18)27-20(30)17-19(23)29-32-28-17;3-2(4,5)1(6)7/h3-5,8,10,13,24H,2,6-7,9H2,1H3,(H2,23,29)(H,26,31);(H,6,7). The molecule has 1 aromatic carbocycles. The highest BCUT2D eigenvalue weighted by Crippen LogP contribution is 2.34. The van der Waals surface area contributed by atoms with E-state index in [2.05, 4.69) is 41.9 Å². The van der Waals surface area contributed by atoms with Crippen LogP contribution in [0.1, 0.15) is 23.7 Å². The molecule has 16 heteroatoms. The highest BCUT2D eigenvalue weighted by molar-refractivity contribution is 9.10. The highest BCUT2D eigenvalue weighted by Gasteiger charge is 2.38. The predicted octanol–water partition coefficient (Wildman–Crippen LogP) is 3.24. The van der Waals surface area contributed by atoms with Crippen molar-refractivity contribution < 1.29 is 32.5 Å². The minimum Gasteiger partial charge on any atom is -0.475 e. The fourth-order valence-corrected chi connectivity index (χ4v) is 4.44. The summed E-state index contributed by atoms with van der Waals surface area (Å²) in [6.07, 6.45) is -2.59. The number of rotatable bonds is 5. The zero-order valence-electron chi connectivity index (χ0n) is 20.3. The molecule has 206 valence electrons. The number of pyridine rings is 1. The number of alkyl halides is 3. The second-order valence-corrected chi connectivity index (χ2v) is 9.29. The Morgan fingerprint density at radius 2 is 2.05 bits per heavy atom. The first-order chi connectivity index (χ1) is 18.5. The summed E-state index contributed by atoms with van der Waals surface area (Å²) in [7, 11) is 0. The number of amides is 1. The molecule has 1 unspecified atom stereocenters. The zero-order chi connectivity index (χ0) is 28.3. The van der Waals surface area contributed by atoms with E-state index in [0.29, 0.717) is 40.4 Å². The van der Waals surface area contributed by atoms with E-state index in [1.165, 1.54) is 0 Å². The second-order valence-electron chi connectivity index (χ2n) is 8.37. The number of imidazole rings is 1. The van der Waals surface area contributed by atoms with Gasteiger partial charge in [0.25, 0.3) is 5.91 Å². The Hall–Kier alpha value is -4.05. The maximum Gasteiger partial charge on any atom is 0.490 e.